The molecule has 0 amide bonds. The molecule has 3 heteroatoms. The van der Waals surface area contributed by atoms with Crippen LogP contribution in [0.3, 0.4) is 0 Å². The van der Waals surface area contributed by atoms with Gasteiger partial charge in [-0.05, 0) is 72.6 Å². The lowest BCUT2D eigenvalue weighted by atomic mass is 9.75. The molecule has 1 aromatic carbocycles. The molecule has 1 aliphatic carbocycles. The van der Waals surface area contributed by atoms with Crippen LogP contribution in [0.1, 0.15) is 78.3 Å². The van der Waals surface area contributed by atoms with Crippen LogP contribution in [0.5, 0.6) is 0 Å². The summed E-state index contributed by atoms with van der Waals surface area (Å²) in [5.41, 5.74) is 2.42. The maximum atomic E-state index is 13.0. The minimum atomic E-state index is -0.308. The molecule has 3 nitrogen and oxygen atoms in total. The summed E-state index contributed by atoms with van der Waals surface area (Å²) in [6, 6.07) is 8.32. The van der Waals surface area contributed by atoms with Gasteiger partial charge >= 0.3 is 5.97 Å². The molecule has 1 aliphatic rings. The van der Waals surface area contributed by atoms with Crippen molar-refractivity contribution in [2.24, 2.45) is 17.8 Å². The molecular weight excluding hydrogens is 334 g/mol. The first-order valence-electron chi connectivity index (χ1n) is 10.6. The summed E-state index contributed by atoms with van der Waals surface area (Å²) in [6.07, 6.45) is 5.47. The van der Waals surface area contributed by atoms with E-state index in [9.17, 15) is 4.79 Å². The van der Waals surface area contributed by atoms with E-state index in [2.05, 4.69) is 63.5 Å². The van der Waals surface area contributed by atoms with Gasteiger partial charge in [0.2, 0.25) is 0 Å². The summed E-state index contributed by atoms with van der Waals surface area (Å²) in [7, 11) is 0. The molecule has 1 saturated carbocycles. The Bertz CT molecular complexity index is 789. The van der Waals surface area contributed by atoms with Crippen molar-refractivity contribution in [2.45, 2.75) is 78.9 Å². The first-order chi connectivity index (χ1) is 12.8. The zero-order chi connectivity index (χ0) is 19.7. The van der Waals surface area contributed by atoms with Gasteiger partial charge in [0.25, 0.3) is 0 Å². The monoisotopic (exact) mass is 369 g/mol. The number of hydrogen-bond donors (Lipinski definition) is 0. The molecule has 2 aromatic rings. The standard InChI is InChI=1S/C24H35NO2/c1-15(2)19-8-10-22-20(14-19)11-12-25(22)18(6)24(26)27-23-13-17(5)7-9-21(23)16(3)4/h8,10-12,14-18,21,23H,7,9,13H2,1-6H3. The number of esters is 1. The zero-order valence-corrected chi connectivity index (χ0v) is 17.7. The van der Waals surface area contributed by atoms with Crippen LogP contribution in [0.2, 0.25) is 0 Å². The largest absolute Gasteiger partial charge is 0.461 e. The van der Waals surface area contributed by atoms with Crippen molar-refractivity contribution >= 4 is 16.9 Å². The van der Waals surface area contributed by atoms with Gasteiger partial charge in [-0.15, -0.1) is 0 Å². The first kappa shape index (κ1) is 20.0. The Kier molecular flexibility index (Phi) is 5.98. The minimum absolute atomic E-state index is 0.0538. The Labute approximate surface area is 164 Å². The normalized spacial score (nSPS) is 24.5. The molecule has 0 bridgehead atoms. The highest BCUT2D eigenvalue weighted by Gasteiger charge is 2.34. The summed E-state index contributed by atoms with van der Waals surface area (Å²) >= 11 is 0. The van der Waals surface area contributed by atoms with E-state index in [4.69, 9.17) is 4.74 Å². The fourth-order valence-corrected chi connectivity index (χ4v) is 4.49. The topological polar surface area (TPSA) is 31.2 Å². The second-order valence-corrected chi connectivity index (χ2v) is 9.17. The Morgan fingerprint density at radius 3 is 2.52 bits per heavy atom. The van der Waals surface area contributed by atoms with Gasteiger partial charge in [0, 0.05) is 11.7 Å². The molecule has 1 aromatic heterocycles. The third-order valence-corrected chi connectivity index (χ3v) is 6.40. The molecular formula is C24H35NO2. The van der Waals surface area contributed by atoms with Crippen LogP contribution in [0.15, 0.2) is 30.5 Å². The molecule has 4 atom stereocenters. The quantitative estimate of drug-likeness (QED) is 0.577. The van der Waals surface area contributed by atoms with E-state index in [1.165, 1.54) is 17.4 Å². The second kappa shape index (κ2) is 8.08. The second-order valence-electron chi connectivity index (χ2n) is 9.17. The van der Waals surface area contributed by atoms with Crippen molar-refractivity contribution < 1.29 is 9.53 Å². The Morgan fingerprint density at radius 2 is 1.85 bits per heavy atom. The molecule has 4 unspecified atom stereocenters. The lowest BCUT2D eigenvalue weighted by Gasteiger charge is -2.37. The van der Waals surface area contributed by atoms with Gasteiger partial charge in [-0.2, -0.15) is 0 Å². The average molecular weight is 370 g/mol. The highest BCUT2D eigenvalue weighted by Crippen LogP contribution is 2.36. The van der Waals surface area contributed by atoms with Crippen LogP contribution in [0, 0.1) is 17.8 Å². The van der Waals surface area contributed by atoms with Crippen LogP contribution in [0.25, 0.3) is 10.9 Å². The predicted molar refractivity (Wildman–Crippen MR) is 112 cm³/mol. The van der Waals surface area contributed by atoms with E-state index in [0.29, 0.717) is 23.7 Å². The maximum absolute atomic E-state index is 13.0. The molecule has 0 saturated heterocycles. The van der Waals surface area contributed by atoms with E-state index in [-0.39, 0.29) is 18.1 Å². The molecule has 1 heterocycles. The number of carbonyl (C=O) groups excluding carboxylic acids is 1. The van der Waals surface area contributed by atoms with E-state index in [1.807, 2.05) is 13.1 Å². The fraction of sp³-hybridized carbons (Fsp3) is 0.625. The van der Waals surface area contributed by atoms with Crippen LogP contribution in [0.4, 0.5) is 0 Å². The Hall–Kier alpha value is -1.77. The van der Waals surface area contributed by atoms with Gasteiger partial charge in [0.1, 0.15) is 12.1 Å². The highest BCUT2D eigenvalue weighted by molar-refractivity contribution is 5.84. The third-order valence-electron chi connectivity index (χ3n) is 6.40. The van der Waals surface area contributed by atoms with Crippen LogP contribution in [-0.4, -0.2) is 16.6 Å². The lowest BCUT2D eigenvalue weighted by Crippen LogP contribution is -2.37. The summed E-state index contributed by atoms with van der Waals surface area (Å²) in [4.78, 5) is 13.0. The average Bonchev–Trinajstić information content (AvgIpc) is 3.03. The molecule has 148 valence electrons. The number of benzene rings is 1. The number of carbonyl (C=O) groups is 1. The van der Waals surface area contributed by atoms with E-state index >= 15 is 0 Å². The van der Waals surface area contributed by atoms with Crippen molar-refractivity contribution in [3.05, 3.63) is 36.0 Å². The molecule has 0 spiro atoms. The molecule has 1 fully saturated rings. The van der Waals surface area contributed by atoms with Crippen LogP contribution >= 0.6 is 0 Å². The number of aromatic nitrogens is 1. The Morgan fingerprint density at radius 1 is 1.11 bits per heavy atom. The van der Waals surface area contributed by atoms with Gasteiger partial charge in [-0.1, -0.05) is 47.1 Å². The third kappa shape index (κ3) is 4.23. The van der Waals surface area contributed by atoms with Crippen molar-refractivity contribution in [3.63, 3.8) is 0 Å². The van der Waals surface area contributed by atoms with Crippen molar-refractivity contribution in [1.29, 1.82) is 0 Å². The number of hydrogen-bond acceptors (Lipinski definition) is 2. The van der Waals surface area contributed by atoms with Gasteiger partial charge < -0.3 is 9.30 Å². The predicted octanol–water partition coefficient (Wildman–Crippen LogP) is 6.33. The fourth-order valence-electron chi connectivity index (χ4n) is 4.49. The van der Waals surface area contributed by atoms with Gasteiger partial charge in [-0.3, -0.25) is 0 Å². The smallest absolute Gasteiger partial charge is 0.329 e. The van der Waals surface area contributed by atoms with Crippen molar-refractivity contribution in [3.8, 4) is 0 Å². The van der Waals surface area contributed by atoms with E-state index in [0.717, 1.165) is 18.4 Å². The summed E-state index contributed by atoms with van der Waals surface area (Å²) < 4.78 is 8.13. The summed E-state index contributed by atoms with van der Waals surface area (Å²) in [6.45, 7) is 13.1. The van der Waals surface area contributed by atoms with Crippen LogP contribution in [-0.2, 0) is 9.53 Å². The molecule has 0 radical (unpaired) electrons. The van der Waals surface area contributed by atoms with E-state index in [1.54, 1.807) is 0 Å². The lowest BCUT2D eigenvalue weighted by molar-refractivity contribution is -0.159. The van der Waals surface area contributed by atoms with Gasteiger partial charge in [-0.25, -0.2) is 4.79 Å². The number of ether oxygens (including phenoxy) is 1. The zero-order valence-electron chi connectivity index (χ0n) is 17.7. The number of nitrogens with zero attached hydrogens (tertiary/aromatic N) is 1. The minimum Gasteiger partial charge on any atom is -0.461 e. The number of fused-ring (bicyclic) bond motifs is 1. The summed E-state index contributed by atoms with van der Waals surface area (Å²) in [5.74, 6) is 2.06. The highest BCUT2D eigenvalue weighted by atomic mass is 16.5. The van der Waals surface area contributed by atoms with E-state index < -0.39 is 0 Å². The number of rotatable bonds is 5. The molecule has 3 rings (SSSR count). The molecule has 0 N–H and O–H groups in total. The SMILES string of the molecule is CC1CCC(C(C)C)C(OC(=O)C(C)n2ccc3cc(C(C)C)ccc32)C1. The van der Waals surface area contributed by atoms with Crippen molar-refractivity contribution in [2.75, 3.05) is 0 Å². The molecule has 27 heavy (non-hydrogen) atoms. The van der Waals surface area contributed by atoms with Crippen LogP contribution < -0.4 is 0 Å². The van der Waals surface area contributed by atoms with Gasteiger partial charge in [0.05, 0.1) is 0 Å². The molecule has 0 aliphatic heterocycles. The maximum Gasteiger partial charge on any atom is 0.329 e. The van der Waals surface area contributed by atoms with Crippen molar-refractivity contribution in [1.82, 2.24) is 4.57 Å². The van der Waals surface area contributed by atoms with Gasteiger partial charge in [0.15, 0.2) is 0 Å². The first-order valence-corrected chi connectivity index (χ1v) is 10.6. The Balaban J connectivity index is 1.77. The summed E-state index contributed by atoms with van der Waals surface area (Å²) in [5, 5.41) is 1.19.